The summed E-state index contributed by atoms with van der Waals surface area (Å²) >= 11 is 2.12. The number of carbonyl (C=O) groups excluding carboxylic acids is 2. The molecule has 0 unspecified atom stereocenters. The molecule has 2 amide bonds. The molecule has 1 saturated heterocycles. The molecule has 3 atom stereocenters. The SMILES string of the molecule is CC[C@@]1(C)c2sc(=O)[nH]c2S[C@H]2C(=O)N(c3cccc(C(F)(F)F)c3)C(=O)[C@@H]21. The van der Waals surface area contributed by atoms with Gasteiger partial charge in [-0.1, -0.05) is 43.0 Å². The van der Waals surface area contributed by atoms with Gasteiger partial charge < -0.3 is 4.98 Å². The van der Waals surface area contributed by atoms with Crippen molar-refractivity contribution >= 4 is 40.6 Å². The molecule has 1 N–H and O–H groups in total. The third-order valence-electron chi connectivity index (χ3n) is 5.49. The van der Waals surface area contributed by atoms with Crippen LogP contribution in [0.1, 0.15) is 30.7 Å². The molecule has 2 aliphatic rings. The minimum atomic E-state index is -4.58. The molecule has 148 valence electrons. The Labute approximate surface area is 165 Å². The Kier molecular flexibility index (Phi) is 4.27. The number of hydrogen-bond acceptors (Lipinski definition) is 5. The number of H-pyrrole nitrogens is 1. The van der Waals surface area contributed by atoms with Gasteiger partial charge in [0.25, 0.3) is 0 Å². The predicted molar refractivity (Wildman–Crippen MR) is 99.7 cm³/mol. The fraction of sp³-hybridized carbons (Fsp3) is 0.389. The van der Waals surface area contributed by atoms with Crippen LogP contribution in [0.25, 0.3) is 0 Å². The number of aromatic amines is 1. The van der Waals surface area contributed by atoms with Crippen LogP contribution in [0.15, 0.2) is 34.1 Å². The zero-order valence-corrected chi connectivity index (χ0v) is 16.4. The van der Waals surface area contributed by atoms with Crippen molar-refractivity contribution in [3.05, 3.63) is 44.4 Å². The number of nitrogens with one attached hydrogen (secondary N) is 1. The lowest BCUT2D eigenvalue weighted by molar-refractivity contribution is -0.137. The highest BCUT2D eigenvalue weighted by Gasteiger charge is 2.60. The van der Waals surface area contributed by atoms with Crippen molar-refractivity contribution < 1.29 is 22.8 Å². The summed E-state index contributed by atoms with van der Waals surface area (Å²) < 4.78 is 39.2. The standard InChI is InChI=1S/C18H15F3N2O3S2/c1-3-17(2)10-11(27-13-12(17)28-16(26)22-13)15(25)23(14(10)24)9-6-4-5-8(7-9)18(19,20)21/h4-7,10-11H,3H2,1-2H3,(H,22,26)/t10-,11-,17-/m1/s1. The molecule has 1 aromatic heterocycles. The topological polar surface area (TPSA) is 70.2 Å². The average Bonchev–Trinajstić information content (AvgIpc) is 3.13. The Bertz CT molecular complexity index is 1050. The van der Waals surface area contributed by atoms with E-state index in [1.54, 1.807) is 0 Å². The molecular weight excluding hydrogens is 413 g/mol. The number of imide groups is 1. The number of alkyl halides is 3. The third kappa shape index (κ3) is 2.65. The van der Waals surface area contributed by atoms with Crippen LogP contribution in [0.4, 0.5) is 18.9 Å². The highest BCUT2D eigenvalue weighted by molar-refractivity contribution is 8.00. The summed E-state index contributed by atoms with van der Waals surface area (Å²) in [6.45, 7) is 3.69. The van der Waals surface area contributed by atoms with Crippen molar-refractivity contribution in [1.29, 1.82) is 0 Å². The monoisotopic (exact) mass is 428 g/mol. The van der Waals surface area contributed by atoms with E-state index in [9.17, 15) is 27.6 Å². The van der Waals surface area contributed by atoms with Gasteiger partial charge in [0.05, 0.1) is 22.2 Å². The number of anilines is 1. The summed E-state index contributed by atoms with van der Waals surface area (Å²) in [5, 5.41) is -0.225. The predicted octanol–water partition coefficient (Wildman–Crippen LogP) is 3.79. The molecule has 0 bridgehead atoms. The Morgan fingerprint density at radius 3 is 2.57 bits per heavy atom. The molecule has 0 saturated carbocycles. The van der Waals surface area contributed by atoms with Gasteiger partial charge in [-0.3, -0.25) is 14.4 Å². The van der Waals surface area contributed by atoms with E-state index in [1.165, 1.54) is 12.1 Å². The summed E-state index contributed by atoms with van der Waals surface area (Å²) in [6.07, 6.45) is -4.07. The maximum absolute atomic E-state index is 13.2. The smallest absolute Gasteiger partial charge is 0.307 e. The van der Waals surface area contributed by atoms with Crippen molar-refractivity contribution in [3.63, 3.8) is 0 Å². The Morgan fingerprint density at radius 2 is 1.93 bits per heavy atom. The first-order valence-corrected chi connectivity index (χ1v) is 10.2. The van der Waals surface area contributed by atoms with Gasteiger partial charge in [-0.25, -0.2) is 4.90 Å². The molecule has 2 aromatic rings. The highest BCUT2D eigenvalue weighted by Crippen LogP contribution is 2.55. The quantitative estimate of drug-likeness (QED) is 0.739. The zero-order chi connectivity index (χ0) is 20.4. The van der Waals surface area contributed by atoms with E-state index < -0.39 is 40.1 Å². The molecule has 1 fully saturated rings. The lowest BCUT2D eigenvalue weighted by Gasteiger charge is -2.38. The van der Waals surface area contributed by atoms with Crippen LogP contribution in [0, 0.1) is 5.92 Å². The summed E-state index contributed by atoms with van der Waals surface area (Å²) in [4.78, 5) is 42.1. The van der Waals surface area contributed by atoms with Crippen molar-refractivity contribution in [2.75, 3.05) is 4.90 Å². The van der Waals surface area contributed by atoms with Gasteiger partial charge >= 0.3 is 11.0 Å². The van der Waals surface area contributed by atoms with Crippen LogP contribution in [-0.2, 0) is 21.2 Å². The van der Waals surface area contributed by atoms with Crippen molar-refractivity contribution in [1.82, 2.24) is 4.98 Å². The first-order valence-electron chi connectivity index (χ1n) is 8.53. The molecular formula is C18H15F3N2O3S2. The Hall–Kier alpha value is -2.07. The van der Waals surface area contributed by atoms with E-state index in [-0.39, 0.29) is 10.6 Å². The second-order valence-corrected chi connectivity index (χ2v) is 9.15. The number of fused-ring (bicyclic) bond motifs is 2. The second kappa shape index (κ2) is 6.21. The molecule has 0 radical (unpaired) electrons. The van der Waals surface area contributed by atoms with Gasteiger partial charge in [0.2, 0.25) is 11.8 Å². The maximum Gasteiger partial charge on any atom is 0.416 e. The molecule has 3 heterocycles. The number of amides is 2. The average molecular weight is 428 g/mol. The number of thioether (sulfide) groups is 1. The minimum absolute atomic E-state index is 0.0878. The van der Waals surface area contributed by atoms with E-state index >= 15 is 0 Å². The van der Waals surface area contributed by atoms with E-state index in [1.807, 2.05) is 13.8 Å². The Balaban J connectivity index is 1.81. The van der Waals surface area contributed by atoms with Crippen molar-refractivity contribution in [2.24, 2.45) is 5.92 Å². The van der Waals surface area contributed by atoms with Crippen molar-refractivity contribution in [2.45, 2.75) is 42.1 Å². The fourth-order valence-corrected chi connectivity index (χ4v) is 6.69. The van der Waals surface area contributed by atoms with Gasteiger partial charge in [0.1, 0.15) is 5.25 Å². The van der Waals surface area contributed by atoms with E-state index in [2.05, 4.69) is 4.98 Å². The first kappa shape index (κ1) is 19.3. The number of aromatic nitrogens is 1. The van der Waals surface area contributed by atoms with Crippen LogP contribution < -0.4 is 9.77 Å². The van der Waals surface area contributed by atoms with Crippen LogP contribution >= 0.6 is 23.1 Å². The number of benzene rings is 1. The normalized spacial score (nSPS) is 27.1. The zero-order valence-electron chi connectivity index (χ0n) is 14.8. The molecule has 1 aromatic carbocycles. The molecule has 0 aliphatic carbocycles. The number of thiazole rings is 1. The number of halogens is 3. The van der Waals surface area contributed by atoms with E-state index in [0.717, 1.165) is 45.0 Å². The fourth-order valence-electron chi connectivity index (χ4n) is 3.87. The Morgan fingerprint density at radius 1 is 1.21 bits per heavy atom. The van der Waals surface area contributed by atoms with E-state index in [0.29, 0.717) is 11.4 Å². The number of nitrogens with zero attached hydrogens (tertiary/aromatic N) is 1. The summed E-state index contributed by atoms with van der Waals surface area (Å²) in [5.74, 6) is -1.84. The van der Waals surface area contributed by atoms with Gasteiger partial charge in [-0.05, 0) is 24.6 Å². The lowest BCUT2D eigenvalue weighted by Crippen LogP contribution is -2.43. The van der Waals surface area contributed by atoms with Gasteiger partial charge in [0.15, 0.2) is 0 Å². The second-order valence-electron chi connectivity index (χ2n) is 7.02. The number of carbonyl (C=O) groups is 2. The van der Waals surface area contributed by atoms with Gasteiger partial charge in [-0.2, -0.15) is 13.2 Å². The summed E-state index contributed by atoms with van der Waals surface area (Å²) in [5.41, 5.74) is -1.76. The van der Waals surface area contributed by atoms with Crippen LogP contribution in [-0.4, -0.2) is 22.0 Å². The van der Waals surface area contributed by atoms with Gasteiger partial charge in [-0.15, -0.1) is 0 Å². The molecule has 5 nitrogen and oxygen atoms in total. The van der Waals surface area contributed by atoms with E-state index in [4.69, 9.17) is 0 Å². The molecule has 28 heavy (non-hydrogen) atoms. The highest BCUT2D eigenvalue weighted by atomic mass is 32.2. The number of hydrogen-bond donors (Lipinski definition) is 1. The first-order chi connectivity index (χ1) is 13.1. The summed E-state index contributed by atoms with van der Waals surface area (Å²) in [7, 11) is 0. The maximum atomic E-state index is 13.2. The van der Waals surface area contributed by atoms with Gasteiger partial charge in [0, 0.05) is 10.3 Å². The summed E-state index contributed by atoms with van der Waals surface area (Å²) in [6, 6.07) is 4.22. The van der Waals surface area contributed by atoms with Crippen molar-refractivity contribution in [3.8, 4) is 0 Å². The minimum Gasteiger partial charge on any atom is -0.307 e. The molecule has 4 rings (SSSR count). The number of rotatable bonds is 2. The largest absolute Gasteiger partial charge is 0.416 e. The molecule has 10 heteroatoms. The molecule has 2 aliphatic heterocycles. The third-order valence-corrected chi connectivity index (χ3v) is 8.05. The van der Waals surface area contributed by atoms with Crippen LogP contribution in [0.3, 0.4) is 0 Å². The lowest BCUT2D eigenvalue weighted by atomic mass is 9.72. The van der Waals surface area contributed by atoms with Crippen LogP contribution in [0.5, 0.6) is 0 Å². The van der Waals surface area contributed by atoms with Crippen LogP contribution in [0.2, 0.25) is 0 Å². The molecule has 0 spiro atoms.